The van der Waals surface area contributed by atoms with Crippen molar-refractivity contribution >= 4 is 23.3 Å². The predicted molar refractivity (Wildman–Crippen MR) is 88.1 cm³/mol. The van der Waals surface area contributed by atoms with E-state index in [2.05, 4.69) is 5.32 Å². The molecule has 1 aliphatic heterocycles. The topological polar surface area (TPSA) is 113 Å². The van der Waals surface area contributed by atoms with E-state index in [0.29, 0.717) is 32.0 Å². The molecule has 1 saturated heterocycles. The molecule has 0 unspecified atom stereocenters. The summed E-state index contributed by atoms with van der Waals surface area (Å²) >= 11 is 0. The predicted octanol–water partition coefficient (Wildman–Crippen LogP) is 2.74. The van der Waals surface area contributed by atoms with Crippen molar-refractivity contribution in [2.24, 2.45) is 5.92 Å². The molecule has 1 heterocycles. The van der Waals surface area contributed by atoms with Crippen LogP contribution in [0.25, 0.3) is 0 Å². The van der Waals surface area contributed by atoms with E-state index in [1.807, 2.05) is 0 Å². The number of nitrogens with zero attached hydrogens (tertiary/aromatic N) is 2. The maximum absolute atomic E-state index is 12.7. The quantitative estimate of drug-likeness (QED) is 0.571. The van der Waals surface area contributed by atoms with Crippen molar-refractivity contribution in [3.63, 3.8) is 0 Å². The van der Waals surface area contributed by atoms with Gasteiger partial charge in [0.05, 0.1) is 16.4 Å². The number of benzene rings is 1. The number of halogens is 3. The molecule has 27 heavy (non-hydrogen) atoms. The normalized spacial score (nSPS) is 15.4. The first-order valence-corrected chi connectivity index (χ1v) is 8.19. The van der Waals surface area contributed by atoms with Crippen molar-refractivity contribution in [3.05, 3.63) is 33.9 Å². The summed E-state index contributed by atoms with van der Waals surface area (Å²) in [6.45, 7) is 0.635. The zero-order valence-corrected chi connectivity index (χ0v) is 14.2. The van der Waals surface area contributed by atoms with E-state index >= 15 is 0 Å². The summed E-state index contributed by atoms with van der Waals surface area (Å²) in [6.07, 6.45) is -3.99. The molecule has 148 valence electrons. The molecule has 11 heteroatoms. The lowest BCUT2D eigenvalue weighted by atomic mass is 9.97. The zero-order chi connectivity index (χ0) is 20.2. The van der Waals surface area contributed by atoms with Gasteiger partial charge in [0.25, 0.3) is 5.69 Å². The largest absolute Gasteiger partial charge is 0.481 e. The number of carboxylic acid groups (broad SMARTS) is 1. The van der Waals surface area contributed by atoms with Gasteiger partial charge in [0, 0.05) is 32.1 Å². The Balaban J connectivity index is 1.92. The van der Waals surface area contributed by atoms with E-state index in [1.54, 1.807) is 0 Å². The number of nitro groups is 1. The fourth-order valence-corrected chi connectivity index (χ4v) is 2.85. The van der Waals surface area contributed by atoms with E-state index < -0.39 is 34.2 Å². The number of aliphatic carboxylic acids is 1. The van der Waals surface area contributed by atoms with Gasteiger partial charge in [-0.15, -0.1) is 0 Å². The van der Waals surface area contributed by atoms with Gasteiger partial charge < -0.3 is 15.3 Å². The first-order valence-electron chi connectivity index (χ1n) is 8.19. The smallest absolute Gasteiger partial charge is 0.416 e. The maximum atomic E-state index is 12.7. The minimum Gasteiger partial charge on any atom is -0.481 e. The monoisotopic (exact) mass is 389 g/mol. The van der Waals surface area contributed by atoms with Crippen molar-refractivity contribution in [1.82, 2.24) is 4.90 Å². The van der Waals surface area contributed by atoms with E-state index in [9.17, 15) is 32.9 Å². The molecule has 8 nitrogen and oxygen atoms in total. The number of carboxylic acids is 1. The summed E-state index contributed by atoms with van der Waals surface area (Å²) in [5.41, 5.74) is -1.96. The van der Waals surface area contributed by atoms with E-state index in [1.165, 1.54) is 4.90 Å². The summed E-state index contributed by atoms with van der Waals surface area (Å²) in [7, 11) is 0. The molecule has 0 aliphatic carbocycles. The van der Waals surface area contributed by atoms with Crippen LogP contribution in [0.4, 0.5) is 24.5 Å². The average molecular weight is 389 g/mol. The van der Waals surface area contributed by atoms with Crippen molar-refractivity contribution in [2.75, 3.05) is 25.0 Å². The lowest BCUT2D eigenvalue weighted by molar-refractivity contribution is -0.384. The molecule has 1 aromatic carbocycles. The fourth-order valence-electron chi connectivity index (χ4n) is 2.85. The van der Waals surface area contributed by atoms with Crippen molar-refractivity contribution in [3.8, 4) is 0 Å². The van der Waals surface area contributed by atoms with Gasteiger partial charge in [0.15, 0.2) is 0 Å². The Morgan fingerprint density at radius 3 is 2.44 bits per heavy atom. The Morgan fingerprint density at radius 1 is 1.30 bits per heavy atom. The van der Waals surface area contributed by atoms with Crippen LogP contribution in [-0.2, 0) is 15.8 Å². The van der Waals surface area contributed by atoms with Crippen LogP contribution in [0.3, 0.4) is 0 Å². The van der Waals surface area contributed by atoms with Gasteiger partial charge in [0.2, 0.25) is 5.91 Å². The van der Waals surface area contributed by atoms with E-state index in [4.69, 9.17) is 5.11 Å². The molecule has 0 spiro atoms. The number of likely N-dealkylation sites (tertiary alicyclic amines) is 1. The summed E-state index contributed by atoms with van der Waals surface area (Å²) in [6, 6.07) is 2.14. The molecule has 2 rings (SSSR count). The average Bonchev–Trinajstić information content (AvgIpc) is 2.60. The van der Waals surface area contributed by atoms with Gasteiger partial charge in [-0.05, 0) is 25.0 Å². The number of alkyl halides is 3. The number of amides is 1. The molecule has 0 saturated carbocycles. The van der Waals surface area contributed by atoms with Gasteiger partial charge >= 0.3 is 12.1 Å². The first kappa shape index (κ1) is 20.5. The van der Waals surface area contributed by atoms with E-state index in [-0.39, 0.29) is 24.6 Å². The fraction of sp³-hybridized carbons (Fsp3) is 0.500. The minimum absolute atomic E-state index is 0.00387. The third-order valence-corrected chi connectivity index (χ3v) is 4.37. The van der Waals surface area contributed by atoms with Gasteiger partial charge in [-0.2, -0.15) is 13.2 Å². The first-order chi connectivity index (χ1) is 12.6. The standard InChI is InChI=1S/C16H18F3N3O5/c17-16(18,19)11-1-2-12(13(9-11)22(26)27)20-6-3-14(23)21-7-4-10(5-8-21)15(24)25/h1-2,9-10,20H,3-8H2,(H,24,25). The van der Waals surface area contributed by atoms with Gasteiger partial charge in [-0.25, -0.2) is 0 Å². The second-order valence-corrected chi connectivity index (χ2v) is 6.16. The number of hydrogen-bond donors (Lipinski definition) is 2. The van der Waals surface area contributed by atoms with Crippen LogP contribution in [0.2, 0.25) is 0 Å². The minimum atomic E-state index is -4.69. The Kier molecular flexibility index (Phi) is 6.24. The van der Waals surface area contributed by atoms with Crippen LogP contribution in [0.5, 0.6) is 0 Å². The van der Waals surface area contributed by atoms with Crippen LogP contribution in [0.15, 0.2) is 18.2 Å². The summed E-state index contributed by atoms with van der Waals surface area (Å²) in [5, 5.41) is 22.6. The highest BCUT2D eigenvalue weighted by Crippen LogP contribution is 2.34. The molecule has 0 radical (unpaired) electrons. The number of carbonyl (C=O) groups excluding carboxylic acids is 1. The van der Waals surface area contributed by atoms with Crippen molar-refractivity contribution in [2.45, 2.75) is 25.4 Å². The van der Waals surface area contributed by atoms with Gasteiger partial charge in [-0.1, -0.05) is 0 Å². The number of nitrogens with one attached hydrogen (secondary N) is 1. The van der Waals surface area contributed by atoms with Crippen LogP contribution in [0.1, 0.15) is 24.8 Å². The van der Waals surface area contributed by atoms with Crippen LogP contribution >= 0.6 is 0 Å². The summed E-state index contributed by atoms with van der Waals surface area (Å²) < 4.78 is 38.0. The molecule has 2 N–H and O–H groups in total. The van der Waals surface area contributed by atoms with E-state index in [0.717, 1.165) is 12.1 Å². The number of carbonyl (C=O) groups is 2. The molecule has 1 fully saturated rings. The van der Waals surface area contributed by atoms with Crippen LogP contribution in [0, 0.1) is 16.0 Å². The SMILES string of the molecule is O=C(O)C1CCN(C(=O)CCNc2ccc(C(F)(F)F)cc2[N+](=O)[O-])CC1. The zero-order valence-electron chi connectivity index (χ0n) is 14.2. The molecular formula is C16H18F3N3O5. The Bertz CT molecular complexity index is 731. The Hall–Kier alpha value is -2.85. The van der Waals surface area contributed by atoms with Crippen LogP contribution in [-0.4, -0.2) is 46.4 Å². The Labute approximate surface area is 152 Å². The van der Waals surface area contributed by atoms with Gasteiger partial charge in [-0.3, -0.25) is 19.7 Å². The van der Waals surface area contributed by atoms with Crippen molar-refractivity contribution < 1.29 is 32.8 Å². The summed E-state index contributed by atoms with van der Waals surface area (Å²) in [5.74, 6) is -1.61. The second kappa shape index (κ2) is 8.23. The molecule has 0 aromatic heterocycles. The molecule has 1 aliphatic rings. The van der Waals surface area contributed by atoms with Crippen molar-refractivity contribution in [1.29, 1.82) is 0 Å². The summed E-state index contributed by atoms with van der Waals surface area (Å²) in [4.78, 5) is 34.6. The molecule has 1 aromatic rings. The molecular weight excluding hydrogens is 371 g/mol. The maximum Gasteiger partial charge on any atom is 0.416 e. The number of rotatable bonds is 6. The third-order valence-electron chi connectivity index (χ3n) is 4.37. The number of nitro benzene ring substituents is 1. The number of hydrogen-bond acceptors (Lipinski definition) is 5. The lowest BCUT2D eigenvalue weighted by Crippen LogP contribution is -2.40. The number of piperidine rings is 1. The Morgan fingerprint density at radius 2 is 1.93 bits per heavy atom. The lowest BCUT2D eigenvalue weighted by Gasteiger charge is -2.30. The molecule has 0 atom stereocenters. The van der Waals surface area contributed by atoms with Crippen LogP contribution < -0.4 is 5.32 Å². The molecule has 1 amide bonds. The molecule has 0 bridgehead atoms. The second-order valence-electron chi connectivity index (χ2n) is 6.16. The number of anilines is 1. The highest BCUT2D eigenvalue weighted by molar-refractivity contribution is 5.77. The highest BCUT2D eigenvalue weighted by atomic mass is 19.4. The van der Waals surface area contributed by atoms with Gasteiger partial charge in [0.1, 0.15) is 5.69 Å². The third kappa shape index (κ3) is 5.31. The highest BCUT2D eigenvalue weighted by Gasteiger charge is 2.33.